The molecule has 2 rings (SSSR count). The average Bonchev–Trinajstić information content (AvgIpc) is 3.10. The van der Waals surface area contributed by atoms with Crippen LogP contribution in [-0.4, -0.2) is 29.0 Å². The van der Waals surface area contributed by atoms with Crippen LogP contribution in [0.5, 0.6) is 0 Å². The average molecular weight is 329 g/mol. The van der Waals surface area contributed by atoms with Gasteiger partial charge in [0.25, 0.3) is 0 Å². The quantitative estimate of drug-likeness (QED) is 0.841. The molecule has 0 aromatic carbocycles. The molecule has 0 amide bonds. The highest BCUT2D eigenvalue weighted by Gasteiger charge is 2.34. The molecule has 114 valence electrons. The zero-order valence-electron chi connectivity index (χ0n) is 11.3. The summed E-state index contributed by atoms with van der Waals surface area (Å²) < 4.78 is 31.2. The Bertz CT molecular complexity index is 640. The number of rotatable bonds is 7. The van der Waals surface area contributed by atoms with Crippen LogP contribution in [0, 0.1) is 0 Å². The van der Waals surface area contributed by atoms with Gasteiger partial charge in [0.05, 0.1) is 12.8 Å². The van der Waals surface area contributed by atoms with Crippen molar-refractivity contribution in [2.75, 3.05) is 0 Å². The highest BCUT2D eigenvalue weighted by atomic mass is 32.2. The van der Waals surface area contributed by atoms with Crippen LogP contribution >= 0.6 is 11.3 Å². The van der Waals surface area contributed by atoms with Gasteiger partial charge in [-0.15, -0.1) is 11.3 Å². The van der Waals surface area contributed by atoms with Crippen LogP contribution in [0.4, 0.5) is 0 Å². The molecule has 8 heteroatoms. The number of nitrogens with zero attached hydrogens (tertiary/aromatic N) is 1. The van der Waals surface area contributed by atoms with E-state index in [1.165, 1.54) is 24.5 Å². The molecule has 0 aliphatic heterocycles. The van der Waals surface area contributed by atoms with Crippen LogP contribution in [0.2, 0.25) is 0 Å². The van der Waals surface area contributed by atoms with E-state index in [4.69, 9.17) is 9.52 Å². The Labute approximate surface area is 126 Å². The number of sulfonamides is 1. The van der Waals surface area contributed by atoms with Gasteiger partial charge in [0.15, 0.2) is 5.25 Å². The zero-order valence-corrected chi connectivity index (χ0v) is 12.9. The molecular formula is C13H15NO5S2. The van der Waals surface area contributed by atoms with E-state index >= 15 is 0 Å². The van der Waals surface area contributed by atoms with Crippen molar-refractivity contribution in [1.29, 1.82) is 0 Å². The van der Waals surface area contributed by atoms with Crippen LogP contribution in [-0.2, 0) is 27.9 Å². The minimum atomic E-state index is -3.97. The van der Waals surface area contributed by atoms with Gasteiger partial charge in [-0.05, 0) is 30.5 Å². The van der Waals surface area contributed by atoms with E-state index in [0.717, 1.165) is 9.18 Å². The Morgan fingerprint density at radius 1 is 1.38 bits per heavy atom. The fourth-order valence-corrected chi connectivity index (χ4v) is 3.87. The van der Waals surface area contributed by atoms with E-state index in [2.05, 4.69) is 0 Å². The van der Waals surface area contributed by atoms with E-state index in [-0.39, 0.29) is 13.1 Å². The molecule has 0 aliphatic rings. The van der Waals surface area contributed by atoms with Gasteiger partial charge in [0.2, 0.25) is 10.0 Å². The van der Waals surface area contributed by atoms with Crippen LogP contribution in [0.3, 0.4) is 0 Å². The summed E-state index contributed by atoms with van der Waals surface area (Å²) >= 11 is 1.42. The molecule has 0 saturated carbocycles. The van der Waals surface area contributed by atoms with Crippen molar-refractivity contribution in [2.24, 2.45) is 0 Å². The number of thiophene rings is 1. The number of hydrogen-bond acceptors (Lipinski definition) is 5. The van der Waals surface area contributed by atoms with Gasteiger partial charge in [0, 0.05) is 11.4 Å². The van der Waals surface area contributed by atoms with Gasteiger partial charge in [-0.2, -0.15) is 4.31 Å². The number of carboxylic acid groups (broad SMARTS) is 1. The second-order valence-electron chi connectivity index (χ2n) is 4.45. The molecular weight excluding hydrogens is 314 g/mol. The lowest BCUT2D eigenvalue weighted by Crippen LogP contribution is -2.40. The van der Waals surface area contributed by atoms with E-state index in [1.807, 2.05) is 11.4 Å². The SMILES string of the molecule is CC(C(=O)O)S(=O)(=O)N(Cc1ccco1)Cc1cccs1. The first-order valence-corrected chi connectivity index (χ1v) is 8.56. The van der Waals surface area contributed by atoms with Crippen LogP contribution in [0.25, 0.3) is 0 Å². The molecule has 0 bridgehead atoms. The molecule has 0 fully saturated rings. The molecule has 0 saturated heterocycles. The van der Waals surface area contributed by atoms with Crippen molar-refractivity contribution in [3.8, 4) is 0 Å². The molecule has 1 N–H and O–H groups in total. The summed E-state index contributed by atoms with van der Waals surface area (Å²) in [4.78, 5) is 11.9. The van der Waals surface area contributed by atoms with Crippen molar-refractivity contribution in [3.63, 3.8) is 0 Å². The monoisotopic (exact) mass is 329 g/mol. The van der Waals surface area contributed by atoms with Crippen LogP contribution in [0.1, 0.15) is 17.6 Å². The standard InChI is InChI=1S/C13H15NO5S2/c1-10(13(15)16)21(17,18)14(8-11-4-2-6-19-11)9-12-5-3-7-20-12/h2-7,10H,8-9H2,1H3,(H,15,16). The largest absolute Gasteiger partial charge is 0.480 e. The van der Waals surface area contributed by atoms with Gasteiger partial charge in [-0.3, -0.25) is 4.79 Å². The molecule has 2 heterocycles. The van der Waals surface area contributed by atoms with E-state index < -0.39 is 21.2 Å². The number of aliphatic carboxylic acids is 1. The summed E-state index contributed by atoms with van der Waals surface area (Å²) in [5.41, 5.74) is 0. The Balaban J connectivity index is 2.28. The smallest absolute Gasteiger partial charge is 0.323 e. The summed E-state index contributed by atoms with van der Waals surface area (Å²) in [5, 5.41) is 9.33. The maximum Gasteiger partial charge on any atom is 0.323 e. The summed E-state index contributed by atoms with van der Waals surface area (Å²) in [5.74, 6) is -0.904. The first-order chi connectivity index (χ1) is 9.91. The summed E-state index contributed by atoms with van der Waals surface area (Å²) in [6, 6.07) is 6.94. The predicted molar refractivity (Wildman–Crippen MR) is 78.3 cm³/mol. The first-order valence-electron chi connectivity index (χ1n) is 6.18. The Morgan fingerprint density at radius 2 is 2.14 bits per heavy atom. The first kappa shape index (κ1) is 15.7. The minimum Gasteiger partial charge on any atom is -0.480 e. The molecule has 0 radical (unpaired) electrons. The molecule has 6 nitrogen and oxygen atoms in total. The number of carbonyl (C=O) groups is 1. The molecule has 21 heavy (non-hydrogen) atoms. The molecule has 1 atom stereocenters. The van der Waals surface area contributed by atoms with Gasteiger partial charge in [-0.1, -0.05) is 6.07 Å². The van der Waals surface area contributed by atoms with Gasteiger partial charge < -0.3 is 9.52 Å². The minimum absolute atomic E-state index is 0.00481. The topological polar surface area (TPSA) is 87.8 Å². The number of hydrogen-bond donors (Lipinski definition) is 1. The molecule has 1 unspecified atom stereocenters. The van der Waals surface area contributed by atoms with Crippen LogP contribution < -0.4 is 0 Å². The second kappa shape index (κ2) is 6.42. The second-order valence-corrected chi connectivity index (χ2v) is 7.74. The highest BCUT2D eigenvalue weighted by molar-refractivity contribution is 7.90. The highest BCUT2D eigenvalue weighted by Crippen LogP contribution is 2.20. The third-order valence-corrected chi connectivity index (χ3v) is 5.91. The predicted octanol–water partition coefficient (Wildman–Crippen LogP) is 2.15. The van der Waals surface area contributed by atoms with Crippen molar-refractivity contribution in [1.82, 2.24) is 4.31 Å². The van der Waals surface area contributed by atoms with E-state index in [1.54, 1.807) is 18.2 Å². The van der Waals surface area contributed by atoms with Crippen molar-refractivity contribution < 1.29 is 22.7 Å². The van der Waals surface area contributed by atoms with Crippen molar-refractivity contribution in [3.05, 3.63) is 46.5 Å². The number of carboxylic acids is 1. The lowest BCUT2D eigenvalue weighted by Gasteiger charge is -2.22. The normalized spacial score (nSPS) is 13.4. The van der Waals surface area contributed by atoms with E-state index in [0.29, 0.717) is 5.76 Å². The maximum atomic E-state index is 12.4. The molecule has 0 aliphatic carbocycles. The fraction of sp³-hybridized carbons (Fsp3) is 0.308. The summed E-state index contributed by atoms with van der Waals surface area (Å²) in [6.07, 6.45) is 1.45. The van der Waals surface area contributed by atoms with Gasteiger partial charge >= 0.3 is 5.97 Å². The molecule has 2 aromatic rings. The van der Waals surface area contributed by atoms with Gasteiger partial charge in [-0.25, -0.2) is 8.42 Å². The molecule has 2 aromatic heterocycles. The third kappa shape index (κ3) is 3.72. The van der Waals surface area contributed by atoms with Crippen molar-refractivity contribution >= 4 is 27.3 Å². The lowest BCUT2D eigenvalue weighted by atomic mass is 10.4. The van der Waals surface area contributed by atoms with E-state index in [9.17, 15) is 13.2 Å². The van der Waals surface area contributed by atoms with Crippen molar-refractivity contribution in [2.45, 2.75) is 25.3 Å². The summed E-state index contributed by atoms with van der Waals surface area (Å²) in [7, 11) is -3.97. The Kier molecular flexibility index (Phi) is 4.81. The third-order valence-electron chi connectivity index (χ3n) is 2.98. The lowest BCUT2D eigenvalue weighted by molar-refractivity contribution is -0.136. The maximum absolute atomic E-state index is 12.4. The van der Waals surface area contributed by atoms with Crippen LogP contribution in [0.15, 0.2) is 40.3 Å². The Morgan fingerprint density at radius 3 is 2.67 bits per heavy atom. The zero-order chi connectivity index (χ0) is 15.5. The Hall–Kier alpha value is -1.64. The molecule has 0 spiro atoms. The fourth-order valence-electron chi connectivity index (χ4n) is 1.74. The summed E-state index contributed by atoms with van der Waals surface area (Å²) in [6.45, 7) is 1.30. The van der Waals surface area contributed by atoms with Gasteiger partial charge in [0.1, 0.15) is 5.76 Å². The number of furan rings is 1.